The molecule has 2 heteroatoms. The Morgan fingerprint density at radius 1 is 1.33 bits per heavy atom. The van der Waals surface area contributed by atoms with Crippen LogP contribution < -0.4 is 5.73 Å². The number of thiophene rings is 1. The Morgan fingerprint density at radius 2 is 2.00 bits per heavy atom. The molecule has 2 N–H and O–H groups in total. The predicted molar refractivity (Wildman–Crippen MR) is 55.8 cm³/mol. The van der Waals surface area contributed by atoms with E-state index in [2.05, 4.69) is 32.9 Å². The maximum atomic E-state index is 5.49. The smallest absolute Gasteiger partial charge is 0.0102 e. The van der Waals surface area contributed by atoms with Crippen molar-refractivity contribution in [1.29, 1.82) is 0 Å². The first-order chi connectivity index (χ1) is 5.54. The van der Waals surface area contributed by atoms with Crippen molar-refractivity contribution in [2.45, 2.75) is 32.6 Å². The van der Waals surface area contributed by atoms with Crippen LogP contribution in [0.3, 0.4) is 0 Å². The predicted octanol–water partition coefficient (Wildman–Crippen LogP) is 2.55. The van der Waals surface area contributed by atoms with Gasteiger partial charge in [-0.05, 0) is 30.5 Å². The highest BCUT2D eigenvalue weighted by Crippen LogP contribution is 2.29. The van der Waals surface area contributed by atoms with Crippen molar-refractivity contribution in [2.24, 2.45) is 5.73 Å². The highest BCUT2D eigenvalue weighted by molar-refractivity contribution is 7.12. The molecule has 0 atom stereocenters. The maximum absolute atomic E-state index is 5.49. The quantitative estimate of drug-likeness (QED) is 0.749. The minimum Gasteiger partial charge on any atom is -0.330 e. The third-order valence-corrected chi connectivity index (χ3v) is 3.36. The Bertz CT molecular complexity index is 245. The highest BCUT2D eigenvalue weighted by atomic mass is 32.1. The summed E-state index contributed by atoms with van der Waals surface area (Å²) in [6.07, 6.45) is 1.01. The molecule has 0 saturated heterocycles. The molecule has 0 radical (unpaired) electrons. The van der Waals surface area contributed by atoms with Crippen molar-refractivity contribution >= 4 is 11.3 Å². The van der Waals surface area contributed by atoms with Crippen molar-refractivity contribution in [2.75, 3.05) is 6.54 Å². The van der Waals surface area contributed by atoms with Crippen LogP contribution in [-0.2, 0) is 11.8 Å². The van der Waals surface area contributed by atoms with Crippen LogP contribution in [0.15, 0.2) is 12.1 Å². The standard InChI is InChI=1S/C10H17NS/c1-10(2,3)9-5-4-8(12-9)6-7-11/h4-5H,6-7,11H2,1-3H3. The van der Waals surface area contributed by atoms with Gasteiger partial charge >= 0.3 is 0 Å². The monoisotopic (exact) mass is 183 g/mol. The number of rotatable bonds is 2. The summed E-state index contributed by atoms with van der Waals surface area (Å²) in [7, 11) is 0. The largest absolute Gasteiger partial charge is 0.330 e. The van der Waals surface area contributed by atoms with Crippen molar-refractivity contribution in [3.8, 4) is 0 Å². The van der Waals surface area contributed by atoms with Crippen LogP contribution in [0, 0.1) is 0 Å². The van der Waals surface area contributed by atoms with E-state index in [-0.39, 0.29) is 5.41 Å². The van der Waals surface area contributed by atoms with Gasteiger partial charge in [-0.15, -0.1) is 11.3 Å². The second-order valence-electron chi connectivity index (χ2n) is 4.05. The normalized spacial score (nSPS) is 12.0. The Labute approximate surface area is 78.6 Å². The first-order valence-corrected chi connectivity index (χ1v) is 5.15. The van der Waals surface area contributed by atoms with Crippen LogP contribution in [0.1, 0.15) is 30.5 Å². The zero-order valence-electron chi connectivity index (χ0n) is 8.05. The van der Waals surface area contributed by atoms with Crippen LogP contribution in [-0.4, -0.2) is 6.54 Å². The van der Waals surface area contributed by atoms with Gasteiger partial charge in [-0.25, -0.2) is 0 Å². The molecule has 68 valence electrons. The molecule has 0 spiro atoms. The van der Waals surface area contributed by atoms with E-state index in [1.54, 1.807) is 0 Å². The van der Waals surface area contributed by atoms with E-state index in [4.69, 9.17) is 5.73 Å². The zero-order valence-corrected chi connectivity index (χ0v) is 8.87. The molecule has 12 heavy (non-hydrogen) atoms. The van der Waals surface area contributed by atoms with Gasteiger partial charge in [0.05, 0.1) is 0 Å². The SMILES string of the molecule is CC(C)(C)c1ccc(CCN)s1. The van der Waals surface area contributed by atoms with Gasteiger partial charge in [0.2, 0.25) is 0 Å². The summed E-state index contributed by atoms with van der Waals surface area (Å²) < 4.78 is 0. The van der Waals surface area contributed by atoms with Crippen LogP contribution in [0.2, 0.25) is 0 Å². The minimum absolute atomic E-state index is 0.289. The van der Waals surface area contributed by atoms with Gasteiger partial charge < -0.3 is 5.73 Å². The topological polar surface area (TPSA) is 26.0 Å². The van der Waals surface area contributed by atoms with E-state index in [0.717, 1.165) is 13.0 Å². The molecule has 0 bridgehead atoms. The summed E-state index contributed by atoms with van der Waals surface area (Å²) in [6.45, 7) is 7.48. The second kappa shape index (κ2) is 3.58. The molecule has 0 saturated carbocycles. The molecule has 0 aliphatic rings. The number of hydrogen-bond acceptors (Lipinski definition) is 2. The fourth-order valence-electron chi connectivity index (χ4n) is 1.06. The molecule has 1 rings (SSSR count). The number of hydrogen-bond donors (Lipinski definition) is 1. The summed E-state index contributed by atoms with van der Waals surface area (Å²) >= 11 is 1.88. The summed E-state index contributed by atoms with van der Waals surface area (Å²) in [6, 6.07) is 4.41. The Balaban J connectivity index is 2.77. The lowest BCUT2D eigenvalue weighted by Crippen LogP contribution is -2.07. The molecule has 1 nitrogen and oxygen atoms in total. The van der Waals surface area contributed by atoms with Crippen LogP contribution >= 0.6 is 11.3 Å². The van der Waals surface area contributed by atoms with Gasteiger partial charge in [-0.2, -0.15) is 0 Å². The molecule has 1 aromatic heterocycles. The Hall–Kier alpha value is -0.340. The lowest BCUT2D eigenvalue weighted by atomic mass is 9.95. The molecular formula is C10H17NS. The van der Waals surface area contributed by atoms with E-state index >= 15 is 0 Å². The molecule has 1 aromatic rings. The van der Waals surface area contributed by atoms with E-state index in [0.29, 0.717) is 0 Å². The van der Waals surface area contributed by atoms with Crippen molar-refractivity contribution < 1.29 is 0 Å². The Morgan fingerprint density at radius 3 is 2.42 bits per heavy atom. The summed E-state index contributed by atoms with van der Waals surface area (Å²) in [5, 5.41) is 0. The van der Waals surface area contributed by atoms with Crippen molar-refractivity contribution in [3.63, 3.8) is 0 Å². The molecule has 0 aliphatic carbocycles. The average molecular weight is 183 g/mol. The molecule has 0 aromatic carbocycles. The van der Waals surface area contributed by atoms with E-state index in [9.17, 15) is 0 Å². The van der Waals surface area contributed by atoms with Gasteiger partial charge in [0.1, 0.15) is 0 Å². The van der Waals surface area contributed by atoms with Gasteiger partial charge in [0, 0.05) is 9.75 Å². The first kappa shape index (κ1) is 9.75. The highest BCUT2D eigenvalue weighted by Gasteiger charge is 2.15. The lowest BCUT2D eigenvalue weighted by Gasteiger charge is -2.15. The van der Waals surface area contributed by atoms with E-state index in [1.165, 1.54) is 9.75 Å². The summed E-state index contributed by atoms with van der Waals surface area (Å²) in [5.74, 6) is 0. The molecule has 0 fully saturated rings. The second-order valence-corrected chi connectivity index (χ2v) is 5.22. The Kier molecular flexibility index (Phi) is 2.91. The number of nitrogens with two attached hydrogens (primary N) is 1. The third-order valence-electron chi connectivity index (χ3n) is 1.79. The van der Waals surface area contributed by atoms with Gasteiger partial charge in [-0.1, -0.05) is 20.8 Å². The van der Waals surface area contributed by atoms with Gasteiger partial charge in [0.15, 0.2) is 0 Å². The summed E-state index contributed by atoms with van der Waals surface area (Å²) in [5.41, 5.74) is 5.77. The van der Waals surface area contributed by atoms with Crippen LogP contribution in [0.5, 0.6) is 0 Å². The van der Waals surface area contributed by atoms with Crippen molar-refractivity contribution in [1.82, 2.24) is 0 Å². The van der Waals surface area contributed by atoms with Crippen molar-refractivity contribution in [3.05, 3.63) is 21.9 Å². The molecule has 0 aliphatic heterocycles. The fraction of sp³-hybridized carbons (Fsp3) is 0.600. The van der Waals surface area contributed by atoms with Crippen LogP contribution in [0.25, 0.3) is 0 Å². The fourth-order valence-corrected chi connectivity index (χ4v) is 2.14. The lowest BCUT2D eigenvalue weighted by molar-refractivity contribution is 0.604. The molecular weight excluding hydrogens is 166 g/mol. The van der Waals surface area contributed by atoms with E-state index < -0.39 is 0 Å². The average Bonchev–Trinajstić information content (AvgIpc) is 2.35. The minimum atomic E-state index is 0.289. The zero-order chi connectivity index (χ0) is 9.19. The summed E-state index contributed by atoms with van der Waals surface area (Å²) in [4.78, 5) is 2.85. The molecule has 0 amide bonds. The molecule has 1 heterocycles. The van der Waals surface area contributed by atoms with Crippen LogP contribution in [0.4, 0.5) is 0 Å². The maximum Gasteiger partial charge on any atom is 0.0102 e. The van der Waals surface area contributed by atoms with E-state index in [1.807, 2.05) is 11.3 Å². The van der Waals surface area contributed by atoms with Gasteiger partial charge in [0.25, 0.3) is 0 Å². The first-order valence-electron chi connectivity index (χ1n) is 4.33. The third kappa shape index (κ3) is 2.32. The van der Waals surface area contributed by atoms with Gasteiger partial charge in [-0.3, -0.25) is 0 Å². The molecule has 0 unspecified atom stereocenters.